The average Bonchev–Trinajstić information content (AvgIpc) is 2.55. The van der Waals surface area contributed by atoms with Crippen molar-refractivity contribution >= 4 is 17.8 Å². The summed E-state index contributed by atoms with van der Waals surface area (Å²) in [6.45, 7) is 1.85. The van der Waals surface area contributed by atoms with Gasteiger partial charge in [0.2, 0.25) is 5.91 Å². The predicted molar refractivity (Wildman–Crippen MR) is 84.4 cm³/mol. The number of amides is 2. The number of carboxylic acid groups (broad SMARTS) is 1. The van der Waals surface area contributed by atoms with Crippen LogP contribution in [0.4, 0.5) is 13.2 Å². The minimum atomic E-state index is -4.55. The molecule has 0 aliphatic carbocycles. The molecule has 0 aromatic heterocycles. The van der Waals surface area contributed by atoms with E-state index in [0.717, 1.165) is 23.1 Å². The van der Waals surface area contributed by atoms with E-state index < -0.39 is 36.3 Å². The quantitative estimate of drug-likeness (QED) is 0.717. The van der Waals surface area contributed by atoms with Crippen LogP contribution in [0.25, 0.3) is 0 Å². The largest absolute Gasteiger partial charge is 0.484 e. The van der Waals surface area contributed by atoms with Crippen LogP contribution in [0.2, 0.25) is 0 Å². The molecule has 1 unspecified atom stereocenters. The number of halogens is 3. The third-order valence-electron chi connectivity index (χ3n) is 3.40. The first-order chi connectivity index (χ1) is 12.0. The zero-order chi connectivity index (χ0) is 19.9. The van der Waals surface area contributed by atoms with Crippen LogP contribution in [0.3, 0.4) is 0 Å². The van der Waals surface area contributed by atoms with Gasteiger partial charge in [-0.3, -0.25) is 9.59 Å². The standard InChI is InChI=1S/C16H19F3N2O5/c1-10(15(24)25)21(7-6-20-11(2)22)14(23)9-26-13-5-3-4-12(8-13)16(17,18)19/h3-5,8,10H,6-7,9H2,1-2H3,(H,20,22)(H,24,25). The van der Waals surface area contributed by atoms with Gasteiger partial charge in [-0.2, -0.15) is 13.2 Å². The summed E-state index contributed by atoms with van der Waals surface area (Å²) in [6.07, 6.45) is -4.55. The molecule has 2 amide bonds. The van der Waals surface area contributed by atoms with Gasteiger partial charge in [0.1, 0.15) is 11.8 Å². The van der Waals surface area contributed by atoms with Crippen LogP contribution in [-0.4, -0.2) is 53.5 Å². The van der Waals surface area contributed by atoms with Gasteiger partial charge in [-0.05, 0) is 25.1 Å². The number of carboxylic acids is 1. The van der Waals surface area contributed by atoms with Crippen molar-refractivity contribution in [2.24, 2.45) is 0 Å². The van der Waals surface area contributed by atoms with Gasteiger partial charge in [0.15, 0.2) is 6.61 Å². The van der Waals surface area contributed by atoms with Gasteiger partial charge >= 0.3 is 12.1 Å². The molecule has 10 heteroatoms. The summed E-state index contributed by atoms with van der Waals surface area (Å²) in [6, 6.07) is 2.81. The maximum atomic E-state index is 12.7. The highest BCUT2D eigenvalue weighted by Crippen LogP contribution is 2.31. The number of benzene rings is 1. The van der Waals surface area contributed by atoms with Crippen molar-refractivity contribution in [1.29, 1.82) is 0 Å². The molecule has 0 aliphatic rings. The van der Waals surface area contributed by atoms with Crippen molar-refractivity contribution in [3.8, 4) is 5.75 Å². The summed E-state index contributed by atoms with van der Waals surface area (Å²) in [7, 11) is 0. The van der Waals surface area contributed by atoms with E-state index in [9.17, 15) is 27.6 Å². The molecule has 0 bridgehead atoms. The molecule has 0 heterocycles. The lowest BCUT2D eigenvalue weighted by molar-refractivity contribution is -0.150. The molecule has 1 rings (SSSR count). The molecule has 1 atom stereocenters. The molecular formula is C16H19F3N2O5. The predicted octanol–water partition coefficient (Wildman–Crippen LogP) is 1.52. The minimum absolute atomic E-state index is 0.0300. The van der Waals surface area contributed by atoms with Crippen LogP contribution in [-0.2, 0) is 20.6 Å². The molecule has 26 heavy (non-hydrogen) atoms. The molecule has 0 radical (unpaired) electrons. The molecule has 1 aromatic carbocycles. The first-order valence-electron chi connectivity index (χ1n) is 7.59. The van der Waals surface area contributed by atoms with Gasteiger partial charge in [0.05, 0.1) is 5.56 Å². The van der Waals surface area contributed by atoms with Crippen LogP contribution >= 0.6 is 0 Å². The van der Waals surface area contributed by atoms with E-state index in [4.69, 9.17) is 9.84 Å². The Labute approximate surface area is 147 Å². The lowest BCUT2D eigenvalue weighted by atomic mass is 10.2. The monoisotopic (exact) mass is 376 g/mol. The number of carbonyl (C=O) groups excluding carboxylic acids is 2. The fourth-order valence-corrected chi connectivity index (χ4v) is 2.01. The van der Waals surface area contributed by atoms with Crippen molar-refractivity contribution < 1.29 is 37.4 Å². The highest BCUT2D eigenvalue weighted by molar-refractivity contribution is 5.84. The Morgan fingerprint density at radius 2 is 1.96 bits per heavy atom. The van der Waals surface area contributed by atoms with E-state index in [1.54, 1.807) is 0 Å². The lowest BCUT2D eigenvalue weighted by Gasteiger charge is -2.26. The van der Waals surface area contributed by atoms with Gasteiger partial charge < -0.3 is 20.1 Å². The van der Waals surface area contributed by atoms with Crippen molar-refractivity contribution in [2.75, 3.05) is 19.7 Å². The van der Waals surface area contributed by atoms with Gasteiger partial charge in [-0.1, -0.05) is 6.07 Å². The summed E-state index contributed by atoms with van der Waals surface area (Å²) in [5.74, 6) is -2.51. The Morgan fingerprint density at radius 3 is 2.50 bits per heavy atom. The van der Waals surface area contributed by atoms with Crippen molar-refractivity contribution in [3.63, 3.8) is 0 Å². The molecule has 0 fully saturated rings. The number of rotatable bonds is 8. The van der Waals surface area contributed by atoms with Gasteiger partial charge in [0.25, 0.3) is 5.91 Å². The number of hydrogen-bond acceptors (Lipinski definition) is 4. The number of nitrogens with one attached hydrogen (secondary N) is 1. The summed E-state index contributed by atoms with van der Waals surface area (Å²) in [5.41, 5.74) is -0.927. The fraction of sp³-hybridized carbons (Fsp3) is 0.438. The lowest BCUT2D eigenvalue weighted by Crippen LogP contribution is -2.48. The van der Waals surface area contributed by atoms with Crippen molar-refractivity contribution in [2.45, 2.75) is 26.1 Å². The average molecular weight is 376 g/mol. The zero-order valence-corrected chi connectivity index (χ0v) is 14.2. The second-order valence-corrected chi connectivity index (χ2v) is 5.40. The Morgan fingerprint density at radius 1 is 1.31 bits per heavy atom. The van der Waals surface area contributed by atoms with E-state index in [1.165, 1.54) is 19.9 Å². The smallest absolute Gasteiger partial charge is 0.416 e. The van der Waals surface area contributed by atoms with Crippen LogP contribution in [0.15, 0.2) is 24.3 Å². The molecule has 1 aromatic rings. The van der Waals surface area contributed by atoms with Crippen LogP contribution in [0, 0.1) is 0 Å². The molecule has 2 N–H and O–H groups in total. The number of ether oxygens (including phenoxy) is 1. The Bertz CT molecular complexity index is 664. The van der Waals surface area contributed by atoms with Gasteiger partial charge in [-0.15, -0.1) is 0 Å². The van der Waals surface area contributed by atoms with Crippen molar-refractivity contribution in [1.82, 2.24) is 10.2 Å². The zero-order valence-electron chi connectivity index (χ0n) is 14.2. The van der Waals surface area contributed by atoms with Gasteiger partial charge in [-0.25, -0.2) is 4.79 Å². The third-order valence-corrected chi connectivity index (χ3v) is 3.40. The Balaban J connectivity index is 2.76. The summed E-state index contributed by atoms with van der Waals surface area (Å²) in [5, 5.41) is 11.5. The summed E-state index contributed by atoms with van der Waals surface area (Å²) < 4.78 is 43.1. The van der Waals surface area contributed by atoms with Crippen LogP contribution in [0.1, 0.15) is 19.4 Å². The molecule has 0 spiro atoms. The second kappa shape index (κ2) is 9.07. The second-order valence-electron chi connectivity index (χ2n) is 5.40. The number of aliphatic carboxylic acids is 1. The maximum Gasteiger partial charge on any atom is 0.416 e. The Hall–Kier alpha value is -2.78. The molecule has 0 saturated carbocycles. The molecular weight excluding hydrogens is 357 g/mol. The highest BCUT2D eigenvalue weighted by atomic mass is 19.4. The summed E-state index contributed by atoms with van der Waals surface area (Å²) >= 11 is 0. The maximum absolute atomic E-state index is 12.7. The normalized spacial score (nSPS) is 12.2. The fourth-order valence-electron chi connectivity index (χ4n) is 2.01. The van der Waals surface area contributed by atoms with E-state index in [-0.39, 0.29) is 24.7 Å². The van der Waals surface area contributed by atoms with Crippen molar-refractivity contribution in [3.05, 3.63) is 29.8 Å². The van der Waals surface area contributed by atoms with Crippen LogP contribution in [0.5, 0.6) is 5.75 Å². The number of alkyl halides is 3. The molecule has 0 aliphatic heterocycles. The first kappa shape index (κ1) is 21.3. The molecule has 144 valence electrons. The van der Waals surface area contributed by atoms with E-state index in [1.807, 2.05) is 0 Å². The Kier molecular flexibility index (Phi) is 7.41. The highest BCUT2D eigenvalue weighted by Gasteiger charge is 2.31. The third kappa shape index (κ3) is 6.61. The van der Waals surface area contributed by atoms with E-state index in [2.05, 4.69) is 5.32 Å². The number of hydrogen-bond donors (Lipinski definition) is 2. The van der Waals surface area contributed by atoms with Gasteiger partial charge in [0, 0.05) is 20.0 Å². The minimum Gasteiger partial charge on any atom is -0.484 e. The SMILES string of the molecule is CC(=O)NCCN(C(=O)COc1cccc(C(F)(F)F)c1)C(C)C(=O)O. The molecule has 0 saturated heterocycles. The summed E-state index contributed by atoms with van der Waals surface area (Å²) in [4.78, 5) is 35.2. The topological polar surface area (TPSA) is 95.9 Å². The number of carbonyl (C=O) groups is 3. The van der Waals surface area contributed by atoms with E-state index in [0.29, 0.717) is 0 Å². The van der Waals surface area contributed by atoms with E-state index >= 15 is 0 Å². The first-order valence-corrected chi connectivity index (χ1v) is 7.59. The van der Waals surface area contributed by atoms with Crippen LogP contribution < -0.4 is 10.1 Å². The number of nitrogens with zero attached hydrogens (tertiary/aromatic N) is 1. The molecule has 7 nitrogen and oxygen atoms in total.